The van der Waals surface area contributed by atoms with Crippen LogP contribution in [0.2, 0.25) is 0 Å². The third-order valence-corrected chi connectivity index (χ3v) is 4.41. The van der Waals surface area contributed by atoms with Gasteiger partial charge in [0.15, 0.2) is 5.78 Å². The van der Waals surface area contributed by atoms with Crippen molar-refractivity contribution in [1.29, 1.82) is 0 Å². The minimum absolute atomic E-state index is 0.251. The molecule has 1 fully saturated rings. The fourth-order valence-electron chi connectivity index (χ4n) is 2.82. The van der Waals surface area contributed by atoms with E-state index in [4.69, 9.17) is 4.74 Å². The summed E-state index contributed by atoms with van der Waals surface area (Å²) in [6.07, 6.45) is 4.26. The second kappa shape index (κ2) is 8.30. The van der Waals surface area contributed by atoms with Gasteiger partial charge in [0, 0.05) is 31.7 Å². The molecule has 21 heavy (non-hydrogen) atoms. The lowest BCUT2D eigenvalue weighted by atomic mass is 10.1. The van der Waals surface area contributed by atoms with Gasteiger partial charge in [-0.2, -0.15) is 0 Å². The maximum absolute atomic E-state index is 12.1. The molecule has 0 amide bonds. The van der Waals surface area contributed by atoms with Gasteiger partial charge in [0.25, 0.3) is 0 Å². The Kier molecular flexibility index (Phi) is 6.40. The summed E-state index contributed by atoms with van der Waals surface area (Å²) in [6.45, 7) is 5.03. The van der Waals surface area contributed by atoms with E-state index in [-0.39, 0.29) is 5.78 Å². The van der Waals surface area contributed by atoms with Crippen LogP contribution in [0.15, 0.2) is 30.3 Å². The standard InChI is InChI=1S/C18H27NO2/c1-15(16-10-11-16)19(13-14-21-2)12-6-9-18(20)17-7-4-3-5-8-17/h3-5,7-8,15-16H,6,9-14H2,1-2H3. The highest BCUT2D eigenvalue weighted by Gasteiger charge is 2.31. The molecular formula is C18H27NO2. The quantitative estimate of drug-likeness (QED) is 0.618. The van der Waals surface area contributed by atoms with E-state index in [1.165, 1.54) is 12.8 Å². The van der Waals surface area contributed by atoms with Gasteiger partial charge in [-0.05, 0) is 38.6 Å². The Hall–Kier alpha value is -1.19. The number of Topliss-reactive ketones (excluding diaryl/α,β-unsaturated/α-hetero) is 1. The van der Waals surface area contributed by atoms with Crippen LogP contribution in [0.25, 0.3) is 0 Å². The maximum Gasteiger partial charge on any atom is 0.162 e. The fourth-order valence-corrected chi connectivity index (χ4v) is 2.82. The summed E-state index contributed by atoms with van der Waals surface area (Å²) >= 11 is 0. The molecule has 0 heterocycles. The van der Waals surface area contributed by atoms with Crippen molar-refractivity contribution in [2.45, 2.75) is 38.6 Å². The SMILES string of the molecule is COCCN(CCCC(=O)c1ccccc1)C(C)C1CC1. The van der Waals surface area contributed by atoms with Crippen molar-refractivity contribution in [3.63, 3.8) is 0 Å². The molecule has 0 aromatic heterocycles. The number of hydrogen-bond acceptors (Lipinski definition) is 3. The van der Waals surface area contributed by atoms with Crippen LogP contribution in [0.4, 0.5) is 0 Å². The number of carbonyl (C=O) groups excluding carboxylic acids is 1. The summed E-state index contributed by atoms with van der Waals surface area (Å²) in [5, 5.41) is 0. The van der Waals surface area contributed by atoms with Crippen molar-refractivity contribution in [2.75, 3.05) is 26.8 Å². The van der Waals surface area contributed by atoms with Crippen LogP contribution in [-0.2, 0) is 4.74 Å². The molecule has 1 unspecified atom stereocenters. The van der Waals surface area contributed by atoms with Gasteiger partial charge < -0.3 is 4.74 Å². The highest BCUT2D eigenvalue weighted by Crippen LogP contribution is 2.35. The Morgan fingerprint density at radius 3 is 2.62 bits per heavy atom. The van der Waals surface area contributed by atoms with Gasteiger partial charge in [-0.15, -0.1) is 0 Å². The van der Waals surface area contributed by atoms with Crippen molar-refractivity contribution in [2.24, 2.45) is 5.92 Å². The summed E-state index contributed by atoms with van der Waals surface area (Å²) in [4.78, 5) is 14.6. The molecule has 0 bridgehead atoms. The zero-order valence-electron chi connectivity index (χ0n) is 13.3. The Morgan fingerprint density at radius 1 is 1.29 bits per heavy atom. The van der Waals surface area contributed by atoms with E-state index in [0.717, 1.165) is 37.6 Å². The molecule has 1 atom stereocenters. The normalized spacial score (nSPS) is 16.1. The first-order valence-electron chi connectivity index (χ1n) is 8.03. The smallest absolute Gasteiger partial charge is 0.162 e. The van der Waals surface area contributed by atoms with E-state index in [1.807, 2.05) is 30.3 Å². The van der Waals surface area contributed by atoms with Gasteiger partial charge >= 0.3 is 0 Å². The molecule has 2 rings (SSSR count). The first kappa shape index (κ1) is 16.2. The monoisotopic (exact) mass is 289 g/mol. The highest BCUT2D eigenvalue weighted by atomic mass is 16.5. The van der Waals surface area contributed by atoms with E-state index in [9.17, 15) is 4.79 Å². The molecule has 0 N–H and O–H groups in total. The third-order valence-electron chi connectivity index (χ3n) is 4.41. The molecule has 1 saturated carbocycles. The molecular weight excluding hydrogens is 262 g/mol. The van der Waals surface area contributed by atoms with Crippen molar-refractivity contribution in [3.05, 3.63) is 35.9 Å². The molecule has 3 nitrogen and oxygen atoms in total. The lowest BCUT2D eigenvalue weighted by Gasteiger charge is -2.28. The number of rotatable bonds is 10. The van der Waals surface area contributed by atoms with Gasteiger partial charge in [-0.3, -0.25) is 9.69 Å². The second-order valence-corrected chi connectivity index (χ2v) is 6.00. The largest absolute Gasteiger partial charge is 0.383 e. The molecule has 0 saturated heterocycles. The van der Waals surface area contributed by atoms with Crippen molar-refractivity contribution in [1.82, 2.24) is 4.90 Å². The van der Waals surface area contributed by atoms with Crippen LogP contribution in [-0.4, -0.2) is 43.5 Å². The van der Waals surface area contributed by atoms with Gasteiger partial charge in [-0.1, -0.05) is 30.3 Å². The Labute approximate surface area is 128 Å². The van der Waals surface area contributed by atoms with E-state index >= 15 is 0 Å². The summed E-state index contributed by atoms with van der Waals surface area (Å²) in [6, 6.07) is 10.2. The topological polar surface area (TPSA) is 29.5 Å². The van der Waals surface area contributed by atoms with E-state index in [2.05, 4.69) is 11.8 Å². The molecule has 0 spiro atoms. The average molecular weight is 289 g/mol. The minimum Gasteiger partial charge on any atom is -0.383 e. The van der Waals surface area contributed by atoms with Crippen LogP contribution in [0.3, 0.4) is 0 Å². The first-order valence-corrected chi connectivity index (χ1v) is 8.03. The molecule has 0 radical (unpaired) electrons. The van der Waals surface area contributed by atoms with Crippen LogP contribution in [0, 0.1) is 5.92 Å². The first-order chi connectivity index (χ1) is 10.2. The van der Waals surface area contributed by atoms with Gasteiger partial charge in [0.1, 0.15) is 0 Å². The van der Waals surface area contributed by atoms with Crippen molar-refractivity contribution < 1.29 is 9.53 Å². The predicted molar refractivity (Wildman–Crippen MR) is 85.6 cm³/mol. The van der Waals surface area contributed by atoms with Crippen molar-refractivity contribution in [3.8, 4) is 0 Å². The number of nitrogens with zero attached hydrogens (tertiary/aromatic N) is 1. The minimum atomic E-state index is 0.251. The Morgan fingerprint density at radius 2 is 2.00 bits per heavy atom. The summed E-state index contributed by atoms with van der Waals surface area (Å²) in [7, 11) is 1.75. The Bertz CT molecular complexity index is 428. The molecule has 1 aliphatic rings. The number of methoxy groups -OCH3 is 1. The number of benzene rings is 1. The molecule has 0 aliphatic heterocycles. The number of hydrogen-bond donors (Lipinski definition) is 0. The Balaban J connectivity index is 1.77. The summed E-state index contributed by atoms with van der Waals surface area (Å²) < 4.78 is 5.21. The molecule has 116 valence electrons. The number of ether oxygens (including phenoxy) is 1. The predicted octanol–water partition coefficient (Wildman–Crippen LogP) is 3.40. The summed E-state index contributed by atoms with van der Waals surface area (Å²) in [5.41, 5.74) is 0.830. The van der Waals surface area contributed by atoms with Crippen LogP contribution < -0.4 is 0 Å². The van der Waals surface area contributed by atoms with E-state index in [0.29, 0.717) is 12.5 Å². The maximum atomic E-state index is 12.1. The average Bonchev–Trinajstić information content (AvgIpc) is 3.35. The second-order valence-electron chi connectivity index (χ2n) is 6.00. The lowest BCUT2D eigenvalue weighted by Crippen LogP contribution is -2.38. The highest BCUT2D eigenvalue weighted by molar-refractivity contribution is 5.95. The third kappa shape index (κ3) is 5.25. The van der Waals surface area contributed by atoms with Crippen LogP contribution in [0.5, 0.6) is 0 Å². The number of carbonyl (C=O) groups is 1. The molecule has 3 heteroatoms. The van der Waals surface area contributed by atoms with Gasteiger partial charge in [-0.25, -0.2) is 0 Å². The number of ketones is 1. The van der Waals surface area contributed by atoms with Crippen molar-refractivity contribution >= 4 is 5.78 Å². The molecule has 1 aliphatic carbocycles. The molecule has 1 aromatic rings. The van der Waals surface area contributed by atoms with Gasteiger partial charge in [0.05, 0.1) is 6.61 Å². The van der Waals surface area contributed by atoms with E-state index < -0.39 is 0 Å². The molecule has 1 aromatic carbocycles. The van der Waals surface area contributed by atoms with Gasteiger partial charge in [0.2, 0.25) is 0 Å². The van der Waals surface area contributed by atoms with E-state index in [1.54, 1.807) is 7.11 Å². The summed E-state index contributed by atoms with van der Waals surface area (Å²) in [5.74, 6) is 1.10. The van der Waals surface area contributed by atoms with Crippen LogP contribution >= 0.6 is 0 Å². The fraction of sp³-hybridized carbons (Fsp3) is 0.611. The zero-order chi connectivity index (χ0) is 15.1. The lowest BCUT2D eigenvalue weighted by molar-refractivity contribution is 0.0950. The van der Waals surface area contributed by atoms with Crippen LogP contribution in [0.1, 0.15) is 43.0 Å². The zero-order valence-corrected chi connectivity index (χ0v) is 13.3.